The van der Waals surface area contributed by atoms with Gasteiger partial charge in [0.1, 0.15) is 33.3 Å². The molecule has 0 amide bonds. The van der Waals surface area contributed by atoms with Crippen LogP contribution >= 0.6 is 11.6 Å². The lowest BCUT2D eigenvalue weighted by molar-refractivity contribution is 0.0560. The van der Waals surface area contributed by atoms with Crippen molar-refractivity contribution in [1.82, 2.24) is 14.8 Å². The van der Waals surface area contributed by atoms with E-state index in [0.29, 0.717) is 13.0 Å². The van der Waals surface area contributed by atoms with Gasteiger partial charge in [0.05, 0.1) is 32.6 Å². The molecule has 0 unspecified atom stereocenters. The monoisotopic (exact) mass is 502 g/mol. The minimum Gasteiger partial charge on any atom is -0.386 e. The second-order valence-corrected chi connectivity index (χ2v) is 12.1. The van der Waals surface area contributed by atoms with Gasteiger partial charge in [-0.3, -0.25) is 14.8 Å². The molecule has 3 atom stereocenters. The number of hydrogen-bond acceptors (Lipinski definition) is 7. The maximum Gasteiger partial charge on any atom is 0.333 e. The molecule has 0 radical (unpaired) electrons. The molecular weight excluding hydrogens is 481 g/mol. The molecule has 8 nitrogen and oxygen atoms in total. The molecule has 4 heterocycles. The van der Waals surface area contributed by atoms with Crippen molar-refractivity contribution in [3.63, 3.8) is 0 Å². The molecule has 178 valence electrons. The van der Waals surface area contributed by atoms with Gasteiger partial charge in [0.25, 0.3) is 0 Å². The van der Waals surface area contributed by atoms with E-state index in [9.17, 15) is 17.8 Å². The zero-order valence-electron chi connectivity index (χ0n) is 18.1. The zero-order valence-corrected chi connectivity index (χ0v) is 19.6. The molecule has 0 aromatic carbocycles. The third kappa shape index (κ3) is 3.54. The van der Waals surface area contributed by atoms with Gasteiger partial charge < -0.3 is 5.73 Å². The molecular formula is C20H22ClF3N6O2S. The molecule has 0 bridgehead atoms. The minimum atomic E-state index is -2.95. The highest BCUT2D eigenvalue weighted by molar-refractivity contribution is 7.96. The number of alkyl halides is 2. The summed E-state index contributed by atoms with van der Waals surface area (Å²) >= 11 is 5.88. The van der Waals surface area contributed by atoms with Gasteiger partial charge in [-0.1, -0.05) is 11.6 Å². The van der Waals surface area contributed by atoms with Gasteiger partial charge in [-0.05, 0) is 39.3 Å². The molecule has 2 aliphatic heterocycles. The van der Waals surface area contributed by atoms with Crippen LogP contribution in [0.25, 0.3) is 0 Å². The standard InChI is InChI=1S/C20H22ClF3N6O2S/c1-19(2)17(25)28-20(3,14-6-7-26-33(14,19)32)16-12(22)5-4-10(27-16)8-13(31)15-11(21)9-30(29-15)18(23)24/h4-5,9,14,18H,6-8H2,1-3H3,(H2,25,28)/t14-,20-,33+/m0/s1. The smallest absolute Gasteiger partial charge is 0.333 e. The maximum absolute atomic E-state index is 15.0. The summed E-state index contributed by atoms with van der Waals surface area (Å²) in [4.78, 5) is 21.5. The molecule has 2 aromatic heterocycles. The highest BCUT2D eigenvalue weighted by atomic mass is 35.5. The van der Waals surface area contributed by atoms with Gasteiger partial charge in [-0.15, -0.1) is 0 Å². The van der Waals surface area contributed by atoms with E-state index in [1.165, 1.54) is 6.07 Å². The average Bonchev–Trinajstić information content (AvgIpc) is 3.33. The van der Waals surface area contributed by atoms with E-state index >= 15 is 4.39 Å². The minimum absolute atomic E-state index is 0.0869. The first-order valence-electron chi connectivity index (χ1n) is 10.1. The lowest BCUT2D eigenvalue weighted by Gasteiger charge is -2.44. The number of aromatic nitrogens is 3. The van der Waals surface area contributed by atoms with Crippen molar-refractivity contribution in [2.45, 2.75) is 55.7 Å². The number of Topliss-reactive ketones (excluding diaryl/α,β-unsaturated/α-hetero) is 1. The Labute approximate surface area is 193 Å². The summed E-state index contributed by atoms with van der Waals surface area (Å²) < 4.78 is 58.2. The van der Waals surface area contributed by atoms with Crippen LogP contribution in [-0.2, 0) is 21.7 Å². The molecule has 4 rings (SSSR count). The largest absolute Gasteiger partial charge is 0.386 e. The van der Waals surface area contributed by atoms with Crippen LogP contribution in [0, 0.1) is 5.82 Å². The fraction of sp³-hybridized carbons (Fsp3) is 0.500. The first-order chi connectivity index (χ1) is 15.3. The van der Waals surface area contributed by atoms with Crippen LogP contribution in [-0.4, -0.2) is 47.1 Å². The van der Waals surface area contributed by atoms with E-state index in [2.05, 4.69) is 19.4 Å². The number of pyridine rings is 1. The number of carbonyl (C=O) groups excluding carboxylic acids is 1. The number of hydrogen-bond donors (Lipinski definition) is 1. The van der Waals surface area contributed by atoms with E-state index in [-0.39, 0.29) is 39.0 Å². The number of rotatable bonds is 5. The van der Waals surface area contributed by atoms with Crippen molar-refractivity contribution in [2.24, 2.45) is 15.1 Å². The Kier molecular flexibility index (Phi) is 5.59. The van der Waals surface area contributed by atoms with Crippen molar-refractivity contribution in [3.05, 3.63) is 46.3 Å². The number of ketones is 1. The van der Waals surface area contributed by atoms with Crippen LogP contribution in [0.15, 0.2) is 27.7 Å². The predicted molar refractivity (Wildman–Crippen MR) is 118 cm³/mol. The number of nitrogens with two attached hydrogens (primary N) is 1. The summed E-state index contributed by atoms with van der Waals surface area (Å²) in [6, 6.07) is 2.43. The fourth-order valence-electron chi connectivity index (χ4n) is 4.32. The number of fused-ring (bicyclic) bond motifs is 1. The van der Waals surface area contributed by atoms with Crippen molar-refractivity contribution >= 4 is 32.9 Å². The molecule has 0 aliphatic carbocycles. The highest BCUT2D eigenvalue weighted by Gasteiger charge is 2.57. The normalized spacial score (nSPS) is 28.4. The second-order valence-electron chi connectivity index (χ2n) is 8.67. The predicted octanol–water partition coefficient (Wildman–Crippen LogP) is 3.50. The van der Waals surface area contributed by atoms with Gasteiger partial charge in [-0.2, -0.15) is 13.9 Å². The summed E-state index contributed by atoms with van der Waals surface area (Å²) in [7, 11) is -2.89. The van der Waals surface area contributed by atoms with E-state index < -0.39 is 43.4 Å². The summed E-state index contributed by atoms with van der Waals surface area (Å²) in [5, 5.41) is 2.67. The number of halogens is 4. The quantitative estimate of drug-likeness (QED) is 0.628. The maximum atomic E-state index is 15.0. The van der Waals surface area contributed by atoms with Crippen LogP contribution in [0.1, 0.15) is 55.6 Å². The fourth-order valence-corrected chi connectivity index (χ4v) is 7.71. The summed E-state index contributed by atoms with van der Waals surface area (Å²) in [5.74, 6) is -1.27. The third-order valence-electron chi connectivity index (χ3n) is 6.26. The van der Waals surface area contributed by atoms with E-state index in [1.54, 1.807) is 20.8 Å². The van der Waals surface area contributed by atoms with Gasteiger partial charge >= 0.3 is 6.55 Å². The molecule has 2 aliphatic rings. The molecule has 2 aromatic rings. The van der Waals surface area contributed by atoms with Crippen molar-refractivity contribution in [3.8, 4) is 0 Å². The van der Waals surface area contributed by atoms with E-state index in [1.807, 2.05) is 0 Å². The van der Waals surface area contributed by atoms with Crippen LogP contribution in [0.3, 0.4) is 0 Å². The Morgan fingerprint density at radius 2 is 2.06 bits per heavy atom. The van der Waals surface area contributed by atoms with Crippen LogP contribution in [0.2, 0.25) is 5.02 Å². The lowest BCUT2D eigenvalue weighted by Crippen LogP contribution is -2.58. The Morgan fingerprint density at radius 1 is 1.36 bits per heavy atom. The molecule has 0 saturated heterocycles. The summed E-state index contributed by atoms with van der Waals surface area (Å²) in [6.07, 6.45) is 0.907. The van der Waals surface area contributed by atoms with Gasteiger partial charge in [0.15, 0.2) is 5.78 Å². The topological polar surface area (TPSA) is 116 Å². The second kappa shape index (κ2) is 7.79. The Hall–Kier alpha value is -2.47. The summed E-state index contributed by atoms with van der Waals surface area (Å²) in [6.45, 7) is 2.40. The van der Waals surface area contributed by atoms with Gasteiger partial charge in [-0.25, -0.2) is 17.6 Å². The molecule has 2 N–H and O–H groups in total. The third-order valence-corrected chi connectivity index (χ3v) is 10.2. The first-order valence-corrected chi connectivity index (χ1v) is 12.1. The number of nitrogens with zero attached hydrogens (tertiary/aromatic N) is 5. The Balaban J connectivity index is 1.74. The molecule has 13 heteroatoms. The SMILES string of the molecule is CC1(C)C(N)=N[C@](C)(c2nc(CC(=O)c3nn(C(F)F)cc3Cl)ccc2F)[C@@H]2CCN=[S@@]21=O. The average molecular weight is 503 g/mol. The lowest BCUT2D eigenvalue weighted by atomic mass is 9.89. The number of amidine groups is 1. The molecule has 0 saturated carbocycles. The summed E-state index contributed by atoms with van der Waals surface area (Å²) in [5.41, 5.74) is 4.52. The van der Waals surface area contributed by atoms with Crippen molar-refractivity contribution in [2.75, 3.05) is 6.54 Å². The first kappa shape index (κ1) is 23.7. The highest BCUT2D eigenvalue weighted by Crippen LogP contribution is 2.47. The van der Waals surface area contributed by atoms with E-state index in [0.717, 1.165) is 12.3 Å². The van der Waals surface area contributed by atoms with Crippen molar-refractivity contribution in [1.29, 1.82) is 0 Å². The molecule has 0 spiro atoms. The zero-order chi connectivity index (χ0) is 24.3. The molecule has 0 fully saturated rings. The van der Waals surface area contributed by atoms with E-state index in [4.69, 9.17) is 17.3 Å². The number of carbonyl (C=O) groups is 1. The Bertz CT molecular complexity index is 1300. The van der Waals surface area contributed by atoms with Crippen LogP contribution in [0.5, 0.6) is 0 Å². The van der Waals surface area contributed by atoms with Gasteiger partial charge in [0, 0.05) is 12.2 Å². The Morgan fingerprint density at radius 3 is 2.70 bits per heavy atom. The van der Waals surface area contributed by atoms with Crippen LogP contribution in [0.4, 0.5) is 13.2 Å². The number of aliphatic imine (C=N–C) groups is 1. The van der Waals surface area contributed by atoms with Gasteiger partial charge in [0.2, 0.25) is 0 Å². The van der Waals surface area contributed by atoms with Crippen molar-refractivity contribution < 1.29 is 22.2 Å². The van der Waals surface area contributed by atoms with Crippen LogP contribution < -0.4 is 5.73 Å². The molecule has 33 heavy (non-hydrogen) atoms.